The highest BCUT2D eigenvalue weighted by Gasteiger charge is 2.51. The summed E-state index contributed by atoms with van der Waals surface area (Å²) in [6, 6.07) is 6.13. The highest BCUT2D eigenvalue weighted by Crippen LogP contribution is 2.51. The van der Waals surface area contributed by atoms with Gasteiger partial charge in [-0.1, -0.05) is 12.0 Å². The molecule has 2 N–H and O–H groups in total. The average Bonchev–Trinajstić information content (AvgIpc) is 3.94. The van der Waals surface area contributed by atoms with Crippen molar-refractivity contribution in [3.63, 3.8) is 0 Å². The van der Waals surface area contributed by atoms with Crippen LogP contribution < -0.4 is 19.7 Å². The molecule has 9 nitrogen and oxygen atoms in total. The van der Waals surface area contributed by atoms with Crippen LogP contribution in [0.2, 0.25) is 0 Å². The first-order valence-corrected chi connectivity index (χ1v) is 16.7. The number of likely N-dealkylation sites (tertiary alicyclic amines) is 1. The Morgan fingerprint density at radius 2 is 1.94 bits per heavy atom. The van der Waals surface area contributed by atoms with E-state index in [9.17, 15) is 9.50 Å². The monoisotopic (exact) mass is 636 g/mol. The molecule has 0 spiro atoms. The summed E-state index contributed by atoms with van der Waals surface area (Å²) in [6.45, 7) is 4.83. The Kier molecular flexibility index (Phi) is 5.84. The molecule has 2 bridgehead atoms. The molecule has 47 heavy (non-hydrogen) atoms. The zero-order valence-electron chi connectivity index (χ0n) is 25.8. The molecule has 2 aliphatic carbocycles. The first-order chi connectivity index (χ1) is 22.9. The predicted molar refractivity (Wildman–Crippen MR) is 172 cm³/mol. The molecule has 4 unspecified atom stereocenters. The summed E-state index contributed by atoms with van der Waals surface area (Å²) in [4.78, 5) is 19.1. The lowest BCUT2D eigenvalue weighted by Gasteiger charge is -2.40. The lowest BCUT2D eigenvalue weighted by Crippen LogP contribution is -2.60. The van der Waals surface area contributed by atoms with Crippen molar-refractivity contribution in [1.82, 2.24) is 25.2 Å². The topological polar surface area (TPSA) is 95.9 Å². The van der Waals surface area contributed by atoms with Crippen LogP contribution >= 0.6 is 0 Å². The number of aromatic hydroxyl groups is 1. The summed E-state index contributed by atoms with van der Waals surface area (Å²) < 4.78 is 44.8. The van der Waals surface area contributed by atoms with Gasteiger partial charge in [-0.25, -0.2) is 13.8 Å². The van der Waals surface area contributed by atoms with E-state index in [0.717, 1.165) is 44.1 Å². The van der Waals surface area contributed by atoms with Gasteiger partial charge in [0.1, 0.15) is 40.6 Å². The Bertz CT molecular complexity index is 2040. The second kappa shape index (κ2) is 9.87. The van der Waals surface area contributed by atoms with Crippen LogP contribution in [0.5, 0.6) is 17.6 Å². The van der Waals surface area contributed by atoms with Crippen LogP contribution in [0.25, 0.3) is 32.9 Å². The number of fused-ring (bicyclic) bond motifs is 7. The highest BCUT2D eigenvalue weighted by atomic mass is 19.1. The summed E-state index contributed by atoms with van der Waals surface area (Å²) in [7, 11) is 0. The van der Waals surface area contributed by atoms with Crippen molar-refractivity contribution in [3.05, 3.63) is 41.5 Å². The maximum Gasteiger partial charge on any atom is 0.319 e. The molecule has 5 atom stereocenters. The van der Waals surface area contributed by atoms with Crippen LogP contribution in [0.1, 0.15) is 37.7 Å². The minimum Gasteiger partial charge on any atom is -0.508 e. The van der Waals surface area contributed by atoms with E-state index in [0.29, 0.717) is 42.4 Å². The van der Waals surface area contributed by atoms with Crippen molar-refractivity contribution in [1.29, 1.82) is 0 Å². The number of nitrogens with one attached hydrogen (secondary N) is 1. The molecule has 2 saturated carbocycles. The number of aromatic nitrogens is 3. The molecule has 2 aromatic carbocycles. The Morgan fingerprint density at radius 3 is 2.74 bits per heavy atom. The van der Waals surface area contributed by atoms with Crippen LogP contribution in [-0.4, -0.2) is 82.5 Å². The predicted octanol–water partition coefficient (Wildman–Crippen LogP) is 4.62. The molecule has 2 aromatic heterocycles. The third kappa shape index (κ3) is 4.37. The Hall–Kier alpha value is -4.27. The van der Waals surface area contributed by atoms with Gasteiger partial charge in [0.05, 0.1) is 18.2 Å². The number of piperidine rings is 1. The quantitative estimate of drug-likeness (QED) is 0.294. The lowest BCUT2D eigenvalue weighted by atomic mass is 9.95. The number of ether oxygens (including phenoxy) is 2. The first kappa shape index (κ1) is 27.8. The summed E-state index contributed by atoms with van der Waals surface area (Å²) >= 11 is 0. The van der Waals surface area contributed by atoms with E-state index in [4.69, 9.17) is 25.9 Å². The summed E-state index contributed by atoms with van der Waals surface area (Å²) in [5.74, 6) is 3.39. The van der Waals surface area contributed by atoms with Gasteiger partial charge >= 0.3 is 6.01 Å². The number of terminal acetylenes is 1. The second-order valence-electron chi connectivity index (χ2n) is 14.6. The molecular weight excluding hydrogens is 602 g/mol. The Balaban J connectivity index is 1.12. The zero-order valence-corrected chi connectivity index (χ0v) is 25.8. The molecule has 0 radical (unpaired) electrons. The van der Waals surface area contributed by atoms with Gasteiger partial charge in [-0.15, -0.1) is 6.42 Å². The number of halogens is 2. The lowest BCUT2D eigenvalue weighted by molar-refractivity contribution is 0.163. The number of anilines is 1. The molecule has 4 aliphatic heterocycles. The normalized spacial score (nSPS) is 28.0. The van der Waals surface area contributed by atoms with E-state index in [1.54, 1.807) is 0 Å². The van der Waals surface area contributed by atoms with Crippen LogP contribution in [0.15, 0.2) is 24.3 Å². The number of phenols is 1. The van der Waals surface area contributed by atoms with Crippen molar-refractivity contribution in [2.45, 2.75) is 50.2 Å². The molecule has 240 valence electrons. The number of nitrogens with zero attached hydrogens (tertiary/aromatic N) is 5. The van der Waals surface area contributed by atoms with Crippen molar-refractivity contribution in [3.8, 4) is 41.2 Å². The number of pyridine rings is 1. The van der Waals surface area contributed by atoms with E-state index in [1.807, 2.05) is 0 Å². The standard InChI is InChI=1S/C36H34F2N6O3/c1-2-23-25(37)5-3-18-10-22(45)11-24(28(18)23)31-30(38)32-29-33(44-14-21-4-6-26(39-21)27(44)15-46-34(29)40-31)42-35(41-32)47-17-36(7-8-36)16-43-12-19-9-20(19)13-43/h1,3,5,10-11,19-21,26-27,39,45H,4,6-9,12-17H2/t19?,20?,21?,26?,27-/m0/s1. The highest BCUT2D eigenvalue weighted by molar-refractivity contribution is 6.04. The summed E-state index contributed by atoms with van der Waals surface area (Å²) in [5, 5.41) is 15.5. The van der Waals surface area contributed by atoms with E-state index in [2.05, 4.69) is 26.0 Å². The summed E-state index contributed by atoms with van der Waals surface area (Å²) in [6.07, 6.45) is 11.3. The van der Waals surface area contributed by atoms with Gasteiger partial charge in [-0.2, -0.15) is 9.97 Å². The summed E-state index contributed by atoms with van der Waals surface area (Å²) in [5.41, 5.74) is 0.0414. The van der Waals surface area contributed by atoms with Gasteiger partial charge in [-0.05, 0) is 67.5 Å². The number of benzene rings is 2. The Labute approximate surface area is 270 Å². The molecule has 4 aromatic rings. The molecular formula is C36H34F2N6O3. The third-order valence-corrected chi connectivity index (χ3v) is 11.5. The molecule has 6 aliphatic rings. The molecule has 5 fully saturated rings. The second-order valence-corrected chi connectivity index (χ2v) is 14.6. The van der Waals surface area contributed by atoms with Gasteiger partial charge in [0.2, 0.25) is 5.88 Å². The fourth-order valence-corrected chi connectivity index (χ4v) is 8.75. The largest absolute Gasteiger partial charge is 0.508 e. The maximum absolute atomic E-state index is 17.0. The van der Waals surface area contributed by atoms with Crippen LogP contribution in [0.3, 0.4) is 0 Å². The number of phenolic OH excluding ortho intramolecular Hbond substituents is 1. The van der Waals surface area contributed by atoms with E-state index < -0.39 is 11.6 Å². The maximum atomic E-state index is 17.0. The number of hydrogen-bond donors (Lipinski definition) is 2. The van der Waals surface area contributed by atoms with Gasteiger partial charge in [0.15, 0.2) is 5.82 Å². The fourth-order valence-electron chi connectivity index (χ4n) is 8.75. The average molecular weight is 637 g/mol. The van der Waals surface area contributed by atoms with E-state index in [-0.39, 0.29) is 62.9 Å². The van der Waals surface area contributed by atoms with Gasteiger partial charge in [0.25, 0.3) is 0 Å². The van der Waals surface area contributed by atoms with Gasteiger partial charge in [-0.3, -0.25) is 0 Å². The zero-order chi connectivity index (χ0) is 31.6. The van der Waals surface area contributed by atoms with Crippen molar-refractivity contribution in [2.75, 3.05) is 44.3 Å². The van der Waals surface area contributed by atoms with Crippen LogP contribution in [0.4, 0.5) is 14.6 Å². The molecule has 10 rings (SSSR count). The minimum absolute atomic E-state index is 0.0103. The van der Waals surface area contributed by atoms with Gasteiger partial charge in [0, 0.05) is 54.6 Å². The molecule has 6 heterocycles. The smallest absolute Gasteiger partial charge is 0.319 e. The number of rotatable bonds is 6. The van der Waals surface area contributed by atoms with Crippen LogP contribution in [-0.2, 0) is 0 Å². The number of hydrogen-bond acceptors (Lipinski definition) is 9. The third-order valence-electron chi connectivity index (χ3n) is 11.5. The minimum atomic E-state index is -0.742. The number of piperazine rings is 1. The van der Waals surface area contributed by atoms with Crippen molar-refractivity contribution < 1.29 is 23.4 Å². The van der Waals surface area contributed by atoms with Gasteiger partial charge < -0.3 is 29.7 Å². The molecule has 0 amide bonds. The van der Waals surface area contributed by atoms with Crippen molar-refractivity contribution in [2.24, 2.45) is 17.3 Å². The van der Waals surface area contributed by atoms with E-state index in [1.165, 1.54) is 43.8 Å². The van der Waals surface area contributed by atoms with Crippen LogP contribution in [0, 0.1) is 41.2 Å². The Morgan fingerprint density at radius 1 is 1.09 bits per heavy atom. The molecule has 11 heteroatoms. The first-order valence-electron chi connectivity index (χ1n) is 16.7. The SMILES string of the molecule is C#Cc1c(F)ccc2cc(O)cc(-c3nc4c5c(nc(OCC6(CN7CC8CC8C7)CC6)nc5c3F)N3CC5CCC(N5)[C@@H]3CO4)c12. The molecule has 3 saturated heterocycles. The van der Waals surface area contributed by atoms with E-state index >= 15 is 4.39 Å². The van der Waals surface area contributed by atoms with Crippen molar-refractivity contribution >= 4 is 27.5 Å². The fraction of sp³-hybridized carbons (Fsp3) is 0.472.